The van der Waals surface area contributed by atoms with E-state index in [1.807, 2.05) is 0 Å². The summed E-state index contributed by atoms with van der Waals surface area (Å²) < 4.78 is 75.8. The lowest BCUT2D eigenvalue weighted by molar-refractivity contribution is -0.189. The molecule has 2 saturated heterocycles. The SMILES string of the molecule is Cc1noc(C)c1S(=O)(=O)N1CCC2(CCN(c3ccc(OC(C)C(F)(F)F)cc3)C2)CC1. The van der Waals surface area contributed by atoms with Gasteiger partial charge in [-0.05, 0) is 69.7 Å². The number of benzene rings is 1. The fourth-order valence-electron chi connectivity index (χ4n) is 4.74. The van der Waals surface area contributed by atoms with Crippen LogP contribution in [0.1, 0.15) is 37.6 Å². The fourth-order valence-corrected chi connectivity index (χ4v) is 6.48. The molecule has 33 heavy (non-hydrogen) atoms. The van der Waals surface area contributed by atoms with Gasteiger partial charge in [-0.2, -0.15) is 17.5 Å². The molecule has 0 saturated carbocycles. The van der Waals surface area contributed by atoms with Crippen molar-refractivity contribution in [1.82, 2.24) is 9.46 Å². The number of piperidine rings is 1. The van der Waals surface area contributed by atoms with Crippen LogP contribution in [0.15, 0.2) is 33.7 Å². The van der Waals surface area contributed by atoms with Gasteiger partial charge in [-0.25, -0.2) is 8.42 Å². The second-order valence-electron chi connectivity index (χ2n) is 9.02. The summed E-state index contributed by atoms with van der Waals surface area (Å²) in [6.45, 7) is 6.68. The number of sulfonamides is 1. The van der Waals surface area contributed by atoms with E-state index in [1.54, 1.807) is 38.1 Å². The van der Waals surface area contributed by atoms with Crippen molar-refractivity contribution in [2.75, 3.05) is 31.1 Å². The fraction of sp³-hybridized carbons (Fsp3) is 0.591. The first-order valence-electron chi connectivity index (χ1n) is 10.9. The summed E-state index contributed by atoms with van der Waals surface area (Å²) in [6, 6.07) is 6.66. The van der Waals surface area contributed by atoms with E-state index < -0.39 is 22.3 Å². The standard InChI is InChI=1S/C22H28F3N3O4S/c1-15-20(16(2)32-26-15)33(29,30)28-12-9-21(10-13-28)8-11-27(14-21)18-4-6-19(7-5-18)31-17(3)22(23,24)25/h4-7,17H,8-14H2,1-3H3. The van der Waals surface area contributed by atoms with Gasteiger partial charge in [0.2, 0.25) is 10.0 Å². The molecule has 2 aromatic rings. The lowest BCUT2D eigenvalue weighted by Crippen LogP contribution is -2.44. The predicted octanol–water partition coefficient (Wildman–Crippen LogP) is 4.30. The summed E-state index contributed by atoms with van der Waals surface area (Å²) in [4.78, 5) is 2.36. The van der Waals surface area contributed by atoms with Gasteiger partial charge in [-0.15, -0.1) is 0 Å². The van der Waals surface area contributed by atoms with Crippen LogP contribution in [0, 0.1) is 19.3 Å². The van der Waals surface area contributed by atoms with Crippen LogP contribution >= 0.6 is 0 Å². The normalized spacial score (nSPS) is 20.4. The molecule has 2 fully saturated rings. The van der Waals surface area contributed by atoms with E-state index in [2.05, 4.69) is 10.1 Å². The van der Waals surface area contributed by atoms with Crippen molar-refractivity contribution < 1.29 is 30.8 Å². The molecule has 1 atom stereocenters. The average molecular weight is 488 g/mol. The van der Waals surface area contributed by atoms with Gasteiger partial charge in [0, 0.05) is 31.9 Å². The van der Waals surface area contributed by atoms with Crippen LogP contribution in [-0.2, 0) is 10.0 Å². The number of nitrogens with zero attached hydrogens (tertiary/aromatic N) is 3. The van der Waals surface area contributed by atoms with E-state index in [4.69, 9.17) is 9.26 Å². The van der Waals surface area contributed by atoms with Gasteiger partial charge in [-0.3, -0.25) is 0 Å². The molecule has 1 aromatic carbocycles. The molecule has 7 nitrogen and oxygen atoms in total. The summed E-state index contributed by atoms with van der Waals surface area (Å²) in [7, 11) is -3.65. The minimum atomic E-state index is -4.41. The van der Waals surface area contributed by atoms with Gasteiger partial charge >= 0.3 is 6.18 Å². The lowest BCUT2D eigenvalue weighted by Gasteiger charge is -2.38. The maximum Gasteiger partial charge on any atom is 0.425 e. The molecule has 1 spiro atoms. The van der Waals surface area contributed by atoms with Gasteiger partial charge in [0.15, 0.2) is 11.9 Å². The molecule has 0 N–H and O–H groups in total. The van der Waals surface area contributed by atoms with Gasteiger partial charge in [0.1, 0.15) is 16.3 Å². The molecule has 2 aliphatic rings. The molecule has 1 aromatic heterocycles. The number of aryl methyl sites for hydroxylation is 2. The van der Waals surface area contributed by atoms with Crippen LogP contribution in [0.2, 0.25) is 0 Å². The zero-order valence-electron chi connectivity index (χ0n) is 18.9. The Bertz CT molecular complexity index is 1070. The number of alkyl halides is 3. The Kier molecular flexibility index (Phi) is 6.15. The van der Waals surface area contributed by atoms with E-state index in [9.17, 15) is 21.6 Å². The van der Waals surface area contributed by atoms with Gasteiger partial charge in [0.05, 0.1) is 0 Å². The van der Waals surface area contributed by atoms with Crippen molar-refractivity contribution in [3.05, 3.63) is 35.7 Å². The molecule has 0 radical (unpaired) electrons. The maximum atomic E-state index is 13.1. The summed E-state index contributed by atoms with van der Waals surface area (Å²) >= 11 is 0. The summed E-state index contributed by atoms with van der Waals surface area (Å²) in [6.07, 6.45) is -3.85. The number of hydrogen-bond acceptors (Lipinski definition) is 6. The van der Waals surface area contributed by atoms with E-state index in [1.165, 1.54) is 4.31 Å². The van der Waals surface area contributed by atoms with Crippen molar-refractivity contribution in [2.45, 2.75) is 57.2 Å². The number of anilines is 1. The molecule has 1 unspecified atom stereocenters. The number of aromatic nitrogens is 1. The van der Waals surface area contributed by atoms with Crippen LogP contribution < -0.4 is 9.64 Å². The monoisotopic (exact) mass is 487 g/mol. The number of rotatable bonds is 5. The van der Waals surface area contributed by atoms with Crippen LogP contribution in [0.4, 0.5) is 18.9 Å². The van der Waals surface area contributed by atoms with Gasteiger partial charge in [0.25, 0.3) is 0 Å². The molecule has 0 bridgehead atoms. The van der Waals surface area contributed by atoms with Crippen LogP contribution in [-0.4, -0.2) is 56.3 Å². The van der Waals surface area contributed by atoms with E-state index in [-0.39, 0.29) is 16.1 Å². The van der Waals surface area contributed by atoms with Crippen molar-refractivity contribution >= 4 is 15.7 Å². The third kappa shape index (κ3) is 4.70. The molecule has 182 valence electrons. The molecular formula is C22H28F3N3O4S. The van der Waals surface area contributed by atoms with Crippen LogP contribution in [0.5, 0.6) is 5.75 Å². The van der Waals surface area contributed by atoms with Crippen molar-refractivity contribution in [1.29, 1.82) is 0 Å². The highest BCUT2D eigenvalue weighted by Gasteiger charge is 2.44. The third-order valence-electron chi connectivity index (χ3n) is 6.76. The average Bonchev–Trinajstić information content (AvgIpc) is 3.31. The largest absolute Gasteiger partial charge is 0.481 e. The third-order valence-corrected chi connectivity index (χ3v) is 8.91. The molecule has 0 amide bonds. The van der Waals surface area contributed by atoms with Crippen LogP contribution in [0.3, 0.4) is 0 Å². The number of ether oxygens (including phenoxy) is 1. The predicted molar refractivity (Wildman–Crippen MR) is 116 cm³/mol. The van der Waals surface area contributed by atoms with E-state index in [0.717, 1.165) is 45.0 Å². The first kappa shape index (κ1) is 23.9. The summed E-state index contributed by atoms with van der Waals surface area (Å²) in [5.41, 5.74) is 1.31. The highest BCUT2D eigenvalue weighted by molar-refractivity contribution is 7.89. The molecule has 2 aliphatic heterocycles. The van der Waals surface area contributed by atoms with Gasteiger partial charge in [-0.1, -0.05) is 5.16 Å². The van der Waals surface area contributed by atoms with E-state index >= 15 is 0 Å². The van der Waals surface area contributed by atoms with Crippen LogP contribution in [0.25, 0.3) is 0 Å². The van der Waals surface area contributed by atoms with Crippen molar-refractivity contribution in [3.8, 4) is 5.75 Å². The number of hydrogen-bond donors (Lipinski definition) is 0. The Balaban J connectivity index is 1.38. The zero-order valence-corrected chi connectivity index (χ0v) is 19.7. The molecule has 4 rings (SSSR count). The molecule has 0 aliphatic carbocycles. The summed E-state index contributed by atoms with van der Waals surface area (Å²) in [5, 5.41) is 3.77. The van der Waals surface area contributed by atoms with E-state index in [0.29, 0.717) is 24.5 Å². The Morgan fingerprint density at radius 2 is 1.70 bits per heavy atom. The lowest BCUT2D eigenvalue weighted by atomic mass is 9.78. The second kappa shape index (κ2) is 8.50. The van der Waals surface area contributed by atoms with Gasteiger partial charge < -0.3 is 14.2 Å². The first-order chi connectivity index (χ1) is 15.4. The van der Waals surface area contributed by atoms with Crippen molar-refractivity contribution in [2.24, 2.45) is 5.41 Å². The Morgan fingerprint density at radius 1 is 1.09 bits per heavy atom. The minimum absolute atomic E-state index is 0.0186. The Hall–Kier alpha value is -2.27. The highest BCUT2D eigenvalue weighted by atomic mass is 32.2. The molecule has 3 heterocycles. The Morgan fingerprint density at radius 3 is 2.24 bits per heavy atom. The molecule has 11 heteroatoms. The minimum Gasteiger partial charge on any atom is -0.481 e. The maximum absolute atomic E-state index is 13.1. The smallest absolute Gasteiger partial charge is 0.425 e. The molecular weight excluding hydrogens is 459 g/mol. The summed E-state index contributed by atoms with van der Waals surface area (Å²) in [5.74, 6) is 0.479. The quantitative estimate of drug-likeness (QED) is 0.626. The van der Waals surface area contributed by atoms with Crippen molar-refractivity contribution in [3.63, 3.8) is 0 Å². The highest BCUT2D eigenvalue weighted by Crippen LogP contribution is 2.43. The Labute approximate surface area is 191 Å². The first-order valence-corrected chi connectivity index (χ1v) is 12.4. The number of halogens is 3. The topological polar surface area (TPSA) is 75.9 Å². The second-order valence-corrected chi connectivity index (χ2v) is 10.9. The zero-order chi connectivity index (χ0) is 24.0.